The first-order chi connectivity index (χ1) is 16.9. The molecule has 4 N–H and O–H groups in total. The molecule has 0 unspecified atom stereocenters. The first-order valence-electron chi connectivity index (χ1n) is 11.0. The fourth-order valence-corrected chi connectivity index (χ4v) is 3.97. The fourth-order valence-electron chi connectivity index (χ4n) is 3.97. The van der Waals surface area contributed by atoms with Gasteiger partial charge in [0.05, 0.1) is 16.7 Å². The molecule has 0 radical (unpaired) electrons. The summed E-state index contributed by atoms with van der Waals surface area (Å²) in [7, 11) is 0. The van der Waals surface area contributed by atoms with Crippen molar-refractivity contribution in [3.05, 3.63) is 107 Å². The van der Waals surface area contributed by atoms with Gasteiger partial charge in [0, 0.05) is 23.3 Å². The standard InChI is InChI=1S/C29H22N2O4/c1-17-6-8-18(9-7-17)23(21-12-10-19(32)14-27(21)34)16-26-29(22-13-11-20(33)15-28(22)35)31-25-5-3-2-4-24(25)30-26/h2-16,32-35H,1H3/b23-16-. The molecular weight excluding hydrogens is 440 g/mol. The second-order valence-electron chi connectivity index (χ2n) is 8.27. The number of rotatable bonds is 4. The summed E-state index contributed by atoms with van der Waals surface area (Å²) in [6.45, 7) is 1.99. The van der Waals surface area contributed by atoms with Gasteiger partial charge in [0.25, 0.3) is 0 Å². The summed E-state index contributed by atoms with van der Waals surface area (Å²) in [5.74, 6) is -0.325. The Balaban J connectivity index is 1.82. The van der Waals surface area contributed by atoms with Gasteiger partial charge in [-0.1, -0.05) is 42.0 Å². The fraction of sp³-hybridized carbons (Fsp3) is 0.0345. The Morgan fingerprint density at radius 2 is 1.31 bits per heavy atom. The van der Waals surface area contributed by atoms with Crippen LogP contribution < -0.4 is 0 Å². The van der Waals surface area contributed by atoms with Gasteiger partial charge in [0.15, 0.2) is 0 Å². The number of hydrogen-bond donors (Lipinski definition) is 4. The van der Waals surface area contributed by atoms with Gasteiger partial charge in [0.2, 0.25) is 0 Å². The molecule has 0 spiro atoms. The van der Waals surface area contributed by atoms with Crippen LogP contribution in [-0.4, -0.2) is 30.4 Å². The Labute approximate surface area is 201 Å². The monoisotopic (exact) mass is 462 g/mol. The zero-order valence-electron chi connectivity index (χ0n) is 18.8. The molecule has 0 atom stereocenters. The normalized spacial score (nSPS) is 11.6. The molecule has 0 aliphatic rings. The van der Waals surface area contributed by atoms with Crippen LogP contribution in [0.2, 0.25) is 0 Å². The SMILES string of the molecule is Cc1ccc(/C(=C/c2nc3ccccc3nc2-c2ccc(O)cc2O)c2ccc(O)cc2O)cc1. The van der Waals surface area contributed by atoms with E-state index in [1.165, 1.54) is 24.3 Å². The van der Waals surface area contributed by atoms with E-state index in [0.717, 1.165) is 11.1 Å². The van der Waals surface area contributed by atoms with E-state index < -0.39 is 0 Å². The first kappa shape index (κ1) is 22.0. The molecule has 1 heterocycles. The van der Waals surface area contributed by atoms with Gasteiger partial charge in [-0.25, -0.2) is 9.97 Å². The number of aryl methyl sites for hydroxylation is 1. The van der Waals surface area contributed by atoms with Crippen molar-refractivity contribution < 1.29 is 20.4 Å². The van der Waals surface area contributed by atoms with Gasteiger partial charge in [-0.15, -0.1) is 0 Å². The highest BCUT2D eigenvalue weighted by atomic mass is 16.3. The van der Waals surface area contributed by atoms with E-state index in [-0.39, 0.29) is 23.0 Å². The summed E-state index contributed by atoms with van der Waals surface area (Å²) in [6.07, 6.45) is 1.80. The van der Waals surface area contributed by atoms with E-state index in [1.807, 2.05) is 55.5 Å². The molecule has 172 valence electrons. The minimum absolute atomic E-state index is 0.0466. The molecule has 5 rings (SSSR count). The van der Waals surface area contributed by atoms with E-state index in [1.54, 1.807) is 18.2 Å². The van der Waals surface area contributed by atoms with Crippen molar-refractivity contribution in [2.45, 2.75) is 6.92 Å². The lowest BCUT2D eigenvalue weighted by atomic mass is 9.94. The topological polar surface area (TPSA) is 107 Å². The molecule has 1 aromatic heterocycles. The average molecular weight is 463 g/mol. The molecule has 35 heavy (non-hydrogen) atoms. The number of aromatic nitrogens is 2. The number of fused-ring (bicyclic) bond motifs is 1. The zero-order valence-corrected chi connectivity index (χ0v) is 18.8. The third kappa shape index (κ3) is 4.37. The minimum Gasteiger partial charge on any atom is -0.508 e. The highest BCUT2D eigenvalue weighted by molar-refractivity contribution is 5.96. The van der Waals surface area contributed by atoms with E-state index >= 15 is 0 Å². The summed E-state index contributed by atoms with van der Waals surface area (Å²) in [5.41, 5.74) is 5.68. The molecule has 0 saturated carbocycles. The lowest BCUT2D eigenvalue weighted by Gasteiger charge is -2.14. The van der Waals surface area contributed by atoms with Crippen LogP contribution in [0.25, 0.3) is 33.9 Å². The van der Waals surface area contributed by atoms with Crippen molar-refractivity contribution >= 4 is 22.7 Å². The minimum atomic E-state index is -0.131. The average Bonchev–Trinajstić information content (AvgIpc) is 2.83. The third-order valence-electron chi connectivity index (χ3n) is 5.75. The molecule has 6 nitrogen and oxygen atoms in total. The van der Waals surface area contributed by atoms with Gasteiger partial charge in [0.1, 0.15) is 28.7 Å². The number of aromatic hydroxyl groups is 4. The van der Waals surface area contributed by atoms with E-state index in [0.29, 0.717) is 39.1 Å². The summed E-state index contributed by atoms with van der Waals surface area (Å²) < 4.78 is 0. The zero-order chi connectivity index (χ0) is 24.5. The Kier molecular flexibility index (Phi) is 5.55. The maximum Gasteiger partial charge on any atom is 0.128 e. The summed E-state index contributed by atoms with van der Waals surface area (Å²) in [6, 6.07) is 24.0. The van der Waals surface area contributed by atoms with Crippen LogP contribution in [0.1, 0.15) is 22.4 Å². The number of phenolic OH excluding ortho intramolecular Hbond substituents is 4. The molecule has 0 bridgehead atoms. The van der Waals surface area contributed by atoms with Gasteiger partial charge < -0.3 is 20.4 Å². The van der Waals surface area contributed by atoms with Crippen molar-refractivity contribution in [3.8, 4) is 34.3 Å². The van der Waals surface area contributed by atoms with Crippen LogP contribution in [0.4, 0.5) is 0 Å². The summed E-state index contributed by atoms with van der Waals surface area (Å²) >= 11 is 0. The quantitative estimate of drug-likeness (QED) is 0.260. The highest BCUT2D eigenvalue weighted by Crippen LogP contribution is 2.38. The molecule has 5 aromatic rings. The molecule has 6 heteroatoms. The number of hydrogen-bond acceptors (Lipinski definition) is 6. The van der Waals surface area contributed by atoms with Crippen LogP contribution in [0.3, 0.4) is 0 Å². The largest absolute Gasteiger partial charge is 0.508 e. The van der Waals surface area contributed by atoms with Crippen LogP contribution >= 0.6 is 0 Å². The maximum atomic E-state index is 10.7. The lowest BCUT2D eigenvalue weighted by molar-refractivity contribution is 0.449. The second-order valence-corrected chi connectivity index (χ2v) is 8.27. The number of nitrogens with zero attached hydrogens (tertiary/aromatic N) is 2. The van der Waals surface area contributed by atoms with Gasteiger partial charge in [-0.2, -0.15) is 0 Å². The van der Waals surface area contributed by atoms with Crippen LogP contribution in [0, 0.1) is 6.92 Å². The molecule has 0 saturated heterocycles. The molecule has 0 fully saturated rings. The maximum absolute atomic E-state index is 10.7. The Hall–Kier alpha value is -4.84. The molecule has 0 aliphatic heterocycles. The highest BCUT2D eigenvalue weighted by Gasteiger charge is 2.17. The van der Waals surface area contributed by atoms with E-state index in [4.69, 9.17) is 9.97 Å². The first-order valence-corrected chi connectivity index (χ1v) is 11.0. The predicted molar refractivity (Wildman–Crippen MR) is 136 cm³/mol. The van der Waals surface area contributed by atoms with E-state index in [2.05, 4.69) is 0 Å². The van der Waals surface area contributed by atoms with Crippen LogP contribution in [0.5, 0.6) is 23.0 Å². The molecular formula is C29H22N2O4. The summed E-state index contributed by atoms with van der Waals surface area (Å²) in [5, 5.41) is 40.9. The number of phenols is 4. The van der Waals surface area contributed by atoms with Gasteiger partial charge in [-0.3, -0.25) is 0 Å². The summed E-state index contributed by atoms with van der Waals surface area (Å²) in [4.78, 5) is 9.60. The van der Waals surface area contributed by atoms with Gasteiger partial charge in [-0.05, 0) is 60.5 Å². The Morgan fingerprint density at radius 1 is 0.686 bits per heavy atom. The molecule has 4 aromatic carbocycles. The van der Waals surface area contributed by atoms with Crippen molar-refractivity contribution in [2.75, 3.05) is 0 Å². The van der Waals surface area contributed by atoms with Gasteiger partial charge >= 0.3 is 0 Å². The van der Waals surface area contributed by atoms with Crippen molar-refractivity contribution in [2.24, 2.45) is 0 Å². The molecule has 0 aliphatic carbocycles. The third-order valence-corrected chi connectivity index (χ3v) is 5.75. The smallest absolute Gasteiger partial charge is 0.128 e. The Morgan fingerprint density at radius 3 is 1.97 bits per heavy atom. The predicted octanol–water partition coefficient (Wildman–Crippen LogP) is 6.02. The Bertz CT molecular complexity index is 1590. The second kappa shape index (κ2) is 8.83. The van der Waals surface area contributed by atoms with Crippen molar-refractivity contribution in [3.63, 3.8) is 0 Å². The lowest BCUT2D eigenvalue weighted by Crippen LogP contribution is -1.97. The number of para-hydroxylation sites is 2. The van der Waals surface area contributed by atoms with E-state index in [9.17, 15) is 20.4 Å². The number of benzene rings is 4. The van der Waals surface area contributed by atoms with Crippen molar-refractivity contribution in [1.29, 1.82) is 0 Å². The van der Waals surface area contributed by atoms with Crippen molar-refractivity contribution in [1.82, 2.24) is 9.97 Å². The molecule has 0 amide bonds. The van der Waals surface area contributed by atoms with Crippen LogP contribution in [0.15, 0.2) is 84.9 Å². The van der Waals surface area contributed by atoms with Crippen LogP contribution in [-0.2, 0) is 0 Å².